The maximum absolute atomic E-state index is 12.1. The Morgan fingerprint density at radius 1 is 1.28 bits per heavy atom. The predicted molar refractivity (Wildman–Crippen MR) is 75.2 cm³/mol. The van der Waals surface area contributed by atoms with E-state index in [9.17, 15) is 4.79 Å². The van der Waals surface area contributed by atoms with E-state index in [0.29, 0.717) is 5.56 Å². The van der Waals surface area contributed by atoms with Crippen molar-refractivity contribution in [3.8, 4) is 0 Å². The van der Waals surface area contributed by atoms with Crippen LogP contribution in [0.3, 0.4) is 0 Å². The van der Waals surface area contributed by atoms with Gasteiger partial charge in [-0.15, -0.1) is 0 Å². The monoisotopic (exact) mass is 249 g/mol. The Morgan fingerprint density at radius 3 is 2.44 bits per heavy atom. The molecule has 100 valence electrons. The van der Waals surface area contributed by atoms with Crippen LogP contribution in [0.2, 0.25) is 0 Å². The average molecular weight is 249 g/mol. The maximum atomic E-state index is 12.1. The van der Waals surface area contributed by atoms with E-state index in [4.69, 9.17) is 4.74 Å². The second-order valence-corrected chi connectivity index (χ2v) is 5.44. The molecule has 0 saturated carbocycles. The SMILES string of the molecule is CCCN(C)c1ccccc1C(=O)OC(C)(C)C. The molecule has 3 nitrogen and oxygen atoms in total. The van der Waals surface area contributed by atoms with E-state index in [1.54, 1.807) is 0 Å². The van der Waals surface area contributed by atoms with Crippen LogP contribution in [-0.4, -0.2) is 25.2 Å². The quantitative estimate of drug-likeness (QED) is 0.765. The first-order valence-electron chi connectivity index (χ1n) is 6.38. The highest BCUT2D eigenvalue weighted by molar-refractivity contribution is 5.96. The predicted octanol–water partition coefficient (Wildman–Crippen LogP) is 3.49. The molecular formula is C15H23NO2. The second-order valence-electron chi connectivity index (χ2n) is 5.44. The van der Waals surface area contributed by atoms with Crippen molar-refractivity contribution in [1.82, 2.24) is 0 Å². The van der Waals surface area contributed by atoms with E-state index in [2.05, 4.69) is 11.8 Å². The molecule has 0 amide bonds. The number of hydrogen-bond donors (Lipinski definition) is 0. The molecule has 0 aliphatic rings. The Hall–Kier alpha value is -1.51. The second kappa shape index (κ2) is 5.89. The van der Waals surface area contributed by atoms with E-state index in [0.717, 1.165) is 18.7 Å². The summed E-state index contributed by atoms with van der Waals surface area (Å²) in [4.78, 5) is 14.2. The van der Waals surface area contributed by atoms with Crippen LogP contribution in [0.25, 0.3) is 0 Å². The lowest BCUT2D eigenvalue weighted by molar-refractivity contribution is 0.00703. The third-order valence-electron chi connectivity index (χ3n) is 2.49. The first-order chi connectivity index (χ1) is 8.35. The number of carbonyl (C=O) groups is 1. The highest BCUT2D eigenvalue weighted by atomic mass is 16.6. The lowest BCUT2D eigenvalue weighted by Crippen LogP contribution is -2.26. The largest absolute Gasteiger partial charge is 0.456 e. The molecule has 1 aromatic carbocycles. The van der Waals surface area contributed by atoms with Gasteiger partial charge in [0, 0.05) is 13.6 Å². The summed E-state index contributed by atoms with van der Waals surface area (Å²) in [6.45, 7) is 8.67. The highest BCUT2D eigenvalue weighted by Crippen LogP contribution is 2.22. The van der Waals surface area contributed by atoms with Gasteiger partial charge in [0.25, 0.3) is 0 Å². The van der Waals surface area contributed by atoms with Gasteiger partial charge in [0.2, 0.25) is 0 Å². The van der Waals surface area contributed by atoms with Crippen LogP contribution in [0, 0.1) is 0 Å². The summed E-state index contributed by atoms with van der Waals surface area (Å²) in [5.74, 6) is -0.263. The van der Waals surface area contributed by atoms with Gasteiger partial charge >= 0.3 is 5.97 Å². The van der Waals surface area contributed by atoms with Gasteiger partial charge in [-0.25, -0.2) is 4.79 Å². The fraction of sp³-hybridized carbons (Fsp3) is 0.533. The Bertz CT molecular complexity index is 407. The number of nitrogens with zero attached hydrogens (tertiary/aromatic N) is 1. The number of benzene rings is 1. The summed E-state index contributed by atoms with van der Waals surface area (Å²) >= 11 is 0. The first kappa shape index (κ1) is 14.6. The van der Waals surface area contributed by atoms with Crippen LogP contribution in [0.5, 0.6) is 0 Å². The minimum Gasteiger partial charge on any atom is -0.456 e. The number of rotatable bonds is 4. The standard InChI is InChI=1S/C15H23NO2/c1-6-11-16(5)13-10-8-7-9-12(13)14(17)18-15(2,3)4/h7-10H,6,11H2,1-5H3. The molecule has 0 atom stereocenters. The maximum Gasteiger partial charge on any atom is 0.340 e. The van der Waals surface area contributed by atoms with Crippen molar-refractivity contribution in [2.24, 2.45) is 0 Å². The molecule has 1 aromatic rings. The van der Waals surface area contributed by atoms with Crippen molar-refractivity contribution in [2.45, 2.75) is 39.7 Å². The molecule has 0 saturated heterocycles. The average Bonchev–Trinajstić information content (AvgIpc) is 2.27. The van der Waals surface area contributed by atoms with Crippen molar-refractivity contribution in [3.05, 3.63) is 29.8 Å². The van der Waals surface area contributed by atoms with E-state index in [1.807, 2.05) is 52.1 Å². The van der Waals surface area contributed by atoms with E-state index < -0.39 is 5.60 Å². The molecule has 0 heterocycles. The van der Waals surface area contributed by atoms with E-state index in [-0.39, 0.29) is 5.97 Å². The number of anilines is 1. The van der Waals surface area contributed by atoms with Crippen molar-refractivity contribution >= 4 is 11.7 Å². The highest BCUT2D eigenvalue weighted by Gasteiger charge is 2.21. The van der Waals surface area contributed by atoms with E-state index in [1.165, 1.54) is 0 Å². The zero-order valence-corrected chi connectivity index (χ0v) is 12.0. The van der Waals surface area contributed by atoms with Crippen molar-refractivity contribution in [3.63, 3.8) is 0 Å². The molecule has 0 spiro atoms. The molecule has 0 aromatic heterocycles. The number of carbonyl (C=O) groups excluding carboxylic acids is 1. The molecule has 1 rings (SSSR count). The Labute approximate surface area is 110 Å². The van der Waals surface area contributed by atoms with Gasteiger partial charge in [-0.1, -0.05) is 19.1 Å². The number of hydrogen-bond acceptors (Lipinski definition) is 3. The third kappa shape index (κ3) is 4.06. The molecule has 0 fully saturated rings. The fourth-order valence-corrected chi connectivity index (χ4v) is 1.77. The van der Waals surface area contributed by atoms with Gasteiger partial charge in [-0.3, -0.25) is 0 Å². The van der Waals surface area contributed by atoms with Crippen LogP contribution in [0.4, 0.5) is 5.69 Å². The summed E-state index contributed by atoms with van der Waals surface area (Å²) < 4.78 is 5.43. The van der Waals surface area contributed by atoms with E-state index >= 15 is 0 Å². The lowest BCUT2D eigenvalue weighted by atomic mass is 10.1. The van der Waals surface area contributed by atoms with Gasteiger partial charge in [0.05, 0.1) is 11.3 Å². The Balaban J connectivity index is 2.98. The molecule has 0 aliphatic heterocycles. The molecule has 0 unspecified atom stereocenters. The topological polar surface area (TPSA) is 29.5 Å². The summed E-state index contributed by atoms with van der Waals surface area (Å²) in [6, 6.07) is 7.57. The minimum atomic E-state index is -0.465. The van der Waals surface area contributed by atoms with Crippen LogP contribution < -0.4 is 4.90 Å². The molecule has 3 heteroatoms. The zero-order chi connectivity index (χ0) is 13.8. The van der Waals surface area contributed by atoms with Crippen molar-refractivity contribution in [1.29, 1.82) is 0 Å². The van der Waals surface area contributed by atoms with Crippen LogP contribution in [0.1, 0.15) is 44.5 Å². The fourth-order valence-electron chi connectivity index (χ4n) is 1.77. The molecule has 0 aliphatic carbocycles. The number of para-hydroxylation sites is 1. The third-order valence-corrected chi connectivity index (χ3v) is 2.49. The Morgan fingerprint density at radius 2 is 1.89 bits per heavy atom. The molecule has 0 bridgehead atoms. The number of esters is 1. The molecular weight excluding hydrogens is 226 g/mol. The summed E-state index contributed by atoms with van der Waals surface area (Å²) in [5.41, 5.74) is 1.09. The molecule has 0 N–H and O–H groups in total. The zero-order valence-electron chi connectivity index (χ0n) is 12.0. The van der Waals surface area contributed by atoms with Crippen molar-refractivity contribution in [2.75, 3.05) is 18.5 Å². The van der Waals surface area contributed by atoms with Gasteiger partial charge < -0.3 is 9.64 Å². The summed E-state index contributed by atoms with van der Waals surface area (Å²) in [5, 5.41) is 0. The first-order valence-corrected chi connectivity index (χ1v) is 6.38. The van der Waals surface area contributed by atoms with Crippen LogP contribution in [0.15, 0.2) is 24.3 Å². The summed E-state index contributed by atoms with van der Waals surface area (Å²) in [7, 11) is 1.99. The number of ether oxygens (including phenoxy) is 1. The minimum absolute atomic E-state index is 0.263. The van der Waals surface area contributed by atoms with Gasteiger partial charge in [-0.2, -0.15) is 0 Å². The van der Waals surface area contributed by atoms with Gasteiger partial charge in [0.1, 0.15) is 5.60 Å². The Kier molecular flexibility index (Phi) is 4.76. The van der Waals surface area contributed by atoms with Gasteiger partial charge in [-0.05, 0) is 39.3 Å². The van der Waals surface area contributed by atoms with Crippen LogP contribution in [-0.2, 0) is 4.74 Å². The molecule has 0 radical (unpaired) electrons. The normalized spacial score (nSPS) is 11.2. The summed E-state index contributed by atoms with van der Waals surface area (Å²) in [6.07, 6.45) is 1.04. The van der Waals surface area contributed by atoms with Crippen molar-refractivity contribution < 1.29 is 9.53 Å². The lowest BCUT2D eigenvalue weighted by Gasteiger charge is -2.24. The molecule has 18 heavy (non-hydrogen) atoms. The van der Waals surface area contributed by atoms with Gasteiger partial charge in [0.15, 0.2) is 0 Å². The van der Waals surface area contributed by atoms with Crippen LogP contribution >= 0.6 is 0 Å². The smallest absolute Gasteiger partial charge is 0.340 e.